The molecule has 0 amide bonds. The van der Waals surface area contributed by atoms with Crippen molar-refractivity contribution in [2.45, 2.75) is 38.5 Å². The summed E-state index contributed by atoms with van der Waals surface area (Å²) < 4.78 is 11.1. The average Bonchev–Trinajstić information content (AvgIpc) is 2.53. The van der Waals surface area contributed by atoms with Crippen LogP contribution in [0.5, 0.6) is 5.75 Å². The normalized spacial score (nSPS) is 17.9. The Bertz CT molecular complexity index is 382. The number of rotatable bonds is 7. The Hall–Kier alpha value is -0.540. The Balaban J connectivity index is 1.86. The summed E-state index contributed by atoms with van der Waals surface area (Å²) in [5.41, 5.74) is 1.64. The van der Waals surface area contributed by atoms with E-state index in [1.165, 1.54) is 37.7 Å². The molecule has 0 aliphatic heterocycles. The van der Waals surface area contributed by atoms with Gasteiger partial charge < -0.3 is 9.47 Å². The van der Waals surface area contributed by atoms with Crippen LogP contribution in [0.2, 0.25) is 0 Å². The number of alkyl halides is 1. The van der Waals surface area contributed by atoms with E-state index in [1.807, 2.05) is 0 Å². The van der Waals surface area contributed by atoms with E-state index in [2.05, 4.69) is 40.2 Å². The lowest BCUT2D eigenvalue weighted by molar-refractivity contribution is 0.122. The van der Waals surface area contributed by atoms with Crippen molar-refractivity contribution >= 4 is 15.9 Å². The summed E-state index contributed by atoms with van der Waals surface area (Å²) in [6.07, 6.45) is 7.58. The minimum absolute atomic E-state index is 0.340. The van der Waals surface area contributed by atoms with Gasteiger partial charge in [0.25, 0.3) is 0 Å². The van der Waals surface area contributed by atoms with Crippen molar-refractivity contribution in [3.05, 3.63) is 29.8 Å². The molecule has 0 unspecified atom stereocenters. The SMILES string of the molecule is COCCc1ccc(OCC2(CBr)CCCCC2)cc1. The lowest BCUT2D eigenvalue weighted by atomic mass is 9.76. The third-order valence-electron chi connectivity index (χ3n) is 4.26. The first-order chi connectivity index (χ1) is 9.78. The van der Waals surface area contributed by atoms with E-state index >= 15 is 0 Å². The Morgan fingerprint density at radius 1 is 1.10 bits per heavy atom. The molecular formula is C17H25BrO2. The second kappa shape index (κ2) is 8.04. The van der Waals surface area contributed by atoms with Gasteiger partial charge in [-0.3, -0.25) is 0 Å². The molecule has 1 aliphatic carbocycles. The van der Waals surface area contributed by atoms with Crippen molar-refractivity contribution in [3.63, 3.8) is 0 Å². The van der Waals surface area contributed by atoms with E-state index in [4.69, 9.17) is 9.47 Å². The molecule has 0 bridgehead atoms. The van der Waals surface area contributed by atoms with Gasteiger partial charge in [-0.1, -0.05) is 47.3 Å². The number of benzene rings is 1. The third kappa shape index (κ3) is 4.49. The van der Waals surface area contributed by atoms with Crippen molar-refractivity contribution in [1.82, 2.24) is 0 Å². The van der Waals surface area contributed by atoms with Gasteiger partial charge in [-0.15, -0.1) is 0 Å². The zero-order chi connectivity index (χ0) is 14.3. The zero-order valence-corrected chi connectivity index (χ0v) is 14.0. The van der Waals surface area contributed by atoms with Crippen LogP contribution < -0.4 is 4.74 Å². The van der Waals surface area contributed by atoms with E-state index < -0.39 is 0 Å². The van der Waals surface area contributed by atoms with Gasteiger partial charge in [0.15, 0.2) is 0 Å². The predicted octanol–water partition coefficient (Wildman–Crippen LogP) is 4.60. The van der Waals surface area contributed by atoms with Crippen LogP contribution in [0.25, 0.3) is 0 Å². The summed E-state index contributed by atoms with van der Waals surface area (Å²) in [4.78, 5) is 0. The molecule has 0 aromatic heterocycles. The molecule has 0 heterocycles. The Kier molecular flexibility index (Phi) is 6.37. The molecule has 2 rings (SSSR count). The lowest BCUT2D eigenvalue weighted by Crippen LogP contribution is -2.32. The Morgan fingerprint density at radius 2 is 1.80 bits per heavy atom. The number of methoxy groups -OCH3 is 1. The fourth-order valence-corrected chi connectivity index (χ4v) is 3.55. The van der Waals surface area contributed by atoms with Crippen LogP contribution in [0.4, 0.5) is 0 Å². The van der Waals surface area contributed by atoms with Crippen LogP contribution >= 0.6 is 15.9 Å². The molecule has 1 aromatic rings. The highest BCUT2D eigenvalue weighted by Crippen LogP contribution is 2.38. The molecule has 0 radical (unpaired) electrons. The van der Waals surface area contributed by atoms with Gasteiger partial charge in [0.1, 0.15) is 5.75 Å². The van der Waals surface area contributed by atoms with Crippen molar-refractivity contribution in [3.8, 4) is 5.75 Å². The molecule has 20 heavy (non-hydrogen) atoms. The van der Waals surface area contributed by atoms with Crippen molar-refractivity contribution < 1.29 is 9.47 Å². The van der Waals surface area contributed by atoms with E-state index in [1.54, 1.807) is 7.11 Å². The zero-order valence-electron chi connectivity index (χ0n) is 12.4. The number of ether oxygens (including phenoxy) is 2. The van der Waals surface area contributed by atoms with Crippen LogP contribution in [0.15, 0.2) is 24.3 Å². The van der Waals surface area contributed by atoms with Gasteiger partial charge in [-0.25, -0.2) is 0 Å². The minimum atomic E-state index is 0.340. The van der Waals surface area contributed by atoms with Gasteiger partial charge in [0.05, 0.1) is 13.2 Å². The summed E-state index contributed by atoms with van der Waals surface area (Å²) in [6, 6.07) is 8.43. The first-order valence-electron chi connectivity index (χ1n) is 7.55. The van der Waals surface area contributed by atoms with Gasteiger partial charge in [0.2, 0.25) is 0 Å². The van der Waals surface area contributed by atoms with E-state index in [0.717, 1.165) is 30.7 Å². The van der Waals surface area contributed by atoms with Crippen LogP contribution in [-0.4, -0.2) is 25.7 Å². The average molecular weight is 341 g/mol. The van der Waals surface area contributed by atoms with Crippen LogP contribution in [-0.2, 0) is 11.2 Å². The van der Waals surface area contributed by atoms with Crippen molar-refractivity contribution in [2.24, 2.45) is 5.41 Å². The van der Waals surface area contributed by atoms with Crippen LogP contribution in [0.3, 0.4) is 0 Å². The second-order valence-corrected chi connectivity index (χ2v) is 6.43. The fourth-order valence-electron chi connectivity index (χ4n) is 2.83. The highest BCUT2D eigenvalue weighted by molar-refractivity contribution is 9.09. The van der Waals surface area contributed by atoms with Crippen molar-refractivity contribution in [1.29, 1.82) is 0 Å². The number of hydrogen-bond donors (Lipinski definition) is 0. The molecule has 0 saturated heterocycles. The second-order valence-electron chi connectivity index (χ2n) is 5.87. The standard InChI is InChI=1S/C17H25BrO2/c1-19-12-9-15-5-7-16(8-6-15)20-14-17(13-18)10-3-2-4-11-17/h5-8H,2-4,9-14H2,1H3. The molecule has 1 fully saturated rings. The predicted molar refractivity (Wildman–Crippen MR) is 86.8 cm³/mol. The highest BCUT2D eigenvalue weighted by Gasteiger charge is 2.31. The Morgan fingerprint density at radius 3 is 2.40 bits per heavy atom. The molecule has 3 heteroatoms. The lowest BCUT2D eigenvalue weighted by Gasteiger charge is -2.35. The largest absolute Gasteiger partial charge is 0.493 e. The molecule has 112 valence electrons. The monoisotopic (exact) mass is 340 g/mol. The van der Waals surface area contributed by atoms with Crippen LogP contribution in [0, 0.1) is 5.41 Å². The summed E-state index contributed by atoms with van der Waals surface area (Å²) in [7, 11) is 1.74. The molecule has 2 nitrogen and oxygen atoms in total. The van der Waals surface area contributed by atoms with E-state index in [9.17, 15) is 0 Å². The van der Waals surface area contributed by atoms with Crippen LogP contribution in [0.1, 0.15) is 37.7 Å². The summed E-state index contributed by atoms with van der Waals surface area (Å²) in [6.45, 7) is 1.60. The molecule has 0 spiro atoms. The van der Waals surface area contributed by atoms with Gasteiger partial charge >= 0.3 is 0 Å². The first-order valence-corrected chi connectivity index (χ1v) is 8.67. The maximum atomic E-state index is 6.04. The Labute approximate surface area is 131 Å². The van der Waals surface area contributed by atoms with Crippen molar-refractivity contribution in [2.75, 3.05) is 25.7 Å². The highest BCUT2D eigenvalue weighted by atomic mass is 79.9. The summed E-state index contributed by atoms with van der Waals surface area (Å²) in [5, 5.41) is 1.05. The molecular weight excluding hydrogens is 316 g/mol. The van der Waals surface area contributed by atoms with Gasteiger partial charge in [0, 0.05) is 17.9 Å². The smallest absolute Gasteiger partial charge is 0.119 e. The molecule has 0 N–H and O–H groups in total. The van der Waals surface area contributed by atoms with Gasteiger partial charge in [-0.2, -0.15) is 0 Å². The molecule has 1 aliphatic rings. The minimum Gasteiger partial charge on any atom is -0.493 e. The number of halogens is 1. The topological polar surface area (TPSA) is 18.5 Å². The molecule has 0 atom stereocenters. The fraction of sp³-hybridized carbons (Fsp3) is 0.647. The molecule has 1 saturated carbocycles. The third-order valence-corrected chi connectivity index (χ3v) is 5.45. The summed E-state index contributed by atoms with van der Waals surface area (Å²) >= 11 is 3.69. The molecule has 1 aromatic carbocycles. The summed E-state index contributed by atoms with van der Waals surface area (Å²) in [5.74, 6) is 0.983. The van der Waals surface area contributed by atoms with Gasteiger partial charge in [-0.05, 0) is 37.0 Å². The quantitative estimate of drug-likeness (QED) is 0.675. The maximum Gasteiger partial charge on any atom is 0.119 e. The van der Waals surface area contributed by atoms with E-state index in [-0.39, 0.29) is 0 Å². The van der Waals surface area contributed by atoms with E-state index in [0.29, 0.717) is 5.41 Å². The maximum absolute atomic E-state index is 6.04. The number of hydrogen-bond acceptors (Lipinski definition) is 2. The first kappa shape index (κ1) is 15.8.